The molecule has 2 aromatic carbocycles. The SMILES string of the molecule is CC(C)(O)C(C)(C)ONc1ccc(Oc2cccc(OC(F)(F)F)c2F)cc1F. The first kappa shape index (κ1) is 22.7. The topological polar surface area (TPSA) is 60.0 Å². The summed E-state index contributed by atoms with van der Waals surface area (Å²) < 4.78 is 74.0. The molecule has 0 amide bonds. The van der Waals surface area contributed by atoms with Gasteiger partial charge in [0.25, 0.3) is 0 Å². The average Bonchev–Trinajstić information content (AvgIpc) is 2.55. The lowest BCUT2D eigenvalue weighted by atomic mass is 9.90. The first-order valence-corrected chi connectivity index (χ1v) is 8.38. The highest BCUT2D eigenvalue weighted by molar-refractivity contribution is 5.48. The third-order valence-electron chi connectivity index (χ3n) is 4.21. The van der Waals surface area contributed by atoms with Crippen molar-refractivity contribution in [1.82, 2.24) is 0 Å². The second-order valence-electron chi connectivity index (χ2n) is 7.13. The van der Waals surface area contributed by atoms with Crippen molar-refractivity contribution < 1.29 is 41.4 Å². The Morgan fingerprint density at radius 1 is 0.931 bits per heavy atom. The van der Waals surface area contributed by atoms with Gasteiger partial charge in [0, 0.05) is 6.07 Å². The van der Waals surface area contributed by atoms with Crippen molar-refractivity contribution in [3.05, 3.63) is 48.0 Å². The number of hydrogen-bond donors (Lipinski definition) is 2. The number of anilines is 1. The smallest absolute Gasteiger partial charge is 0.454 e. The lowest BCUT2D eigenvalue weighted by Gasteiger charge is -2.36. The normalized spacial score (nSPS) is 12.6. The van der Waals surface area contributed by atoms with E-state index < -0.39 is 40.7 Å². The number of nitrogens with one attached hydrogen (secondary N) is 1. The highest BCUT2D eigenvalue weighted by atomic mass is 19.4. The zero-order valence-corrected chi connectivity index (χ0v) is 16.0. The van der Waals surface area contributed by atoms with E-state index in [1.807, 2.05) is 0 Å². The Labute approximate surface area is 164 Å². The van der Waals surface area contributed by atoms with Crippen molar-refractivity contribution in [2.24, 2.45) is 0 Å². The maximum absolute atomic E-state index is 14.3. The molecule has 29 heavy (non-hydrogen) atoms. The summed E-state index contributed by atoms with van der Waals surface area (Å²) in [5.74, 6) is -4.04. The quantitative estimate of drug-likeness (QED) is 0.454. The molecule has 160 valence electrons. The molecule has 10 heteroatoms. The third-order valence-corrected chi connectivity index (χ3v) is 4.21. The minimum Gasteiger partial charge on any atom is -0.454 e. The molecule has 2 aromatic rings. The van der Waals surface area contributed by atoms with E-state index in [4.69, 9.17) is 9.57 Å². The summed E-state index contributed by atoms with van der Waals surface area (Å²) in [4.78, 5) is 5.34. The molecule has 5 nitrogen and oxygen atoms in total. The van der Waals surface area contributed by atoms with Crippen LogP contribution in [0.5, 0.6) is 17.2 Å². The van der Waals surface area contributed by atoms with E-state index in [1.165, 1.54) is 26.0 Å². The molecule has 0 aromatic heterocycles. The molecule has 0 radical (unpaired) electrons. The largest absolute Gasteiger partial charge is 0.573 e. The lowest BCUT2D eigenvalue weighted by molar-refractivity contribution is -0.275. The van der Waals surface area contributed by atoms with Crippen LogP contribution in [0, 0.1) is 11.6 Å². The van der Waals surface area contributed by atoms with Gasteiger partial charge in [0.15, 0.2) is 17.3 Å². The van der Waals surface area contributed by atoms with Gasteiger partial charge in [-0.15, -0.1) is 13.2 Å². The van der Waals surface area contributed by atoms with Gasteiger partial charge in [-0.3, -0.25) is 10.3 Å². The summed E-state index contributed by atoms with van der Waals surface area (Å²) in [7, 11) is 0. The first-order valence-electron chi connectivity index (χ1n) is 8.38. The number of alkyl halides is 3. The number of hydrogen-bond acceptors (Lipinski definition) is 5. The summed E-state index contributed by atoms with van der Waals surface area (Å²) in [6, 6.07) is 6.31. The zero-order chi connectivity index (χ0) is 22.0. The Bertz CT molecular complexity index is 863. The molecule has 2 N–H and O–H groups in total. The number of benzene rings is 2. The molecule has 0 unspecified atom stereocenters. The molecule has 0 saturated carbocycles. The molecule has 0 fully saturated rings. The molecule has 0 spiro atoms. The molecular weight excluding hydrogens is 401 g/mol. The summed E-state index contributed by atoms with van der Waals surface area (Å²) in [6.45, 7) is 6.22. The number of halogens is 5. The Kier molecular flexibility index (Phi) is 6.29. The van der Waals surface area contributed by atoms with Gasteiger partial charge >= 0.3 is 6.36 Å². The van der Waals surface area contributed by atoms with Crippen LogP contribution in [-0.4, -0.2) is 22.7 Å². The van der Waals surface area contributed by atoms with Crippen molar-refractivity contribution in [1.29, 1.82) is 0 Å². The molecule has 0 saturated heterocycles. The monoisotopic (exact) mass is 421 g/mol. The minimum absolute atomic E-state index is 0.0932. The minimum atomic E-state index is -5.07. The van der Waals surface area contributed by atoms with Gasteiger partial charge in [0.1, 0.15) is 11.4 Å². The van der Waals surface area contributed by atoms with E-state index in [2.05, 4.69) is 10.2 Å². The highest BCUT2D eigenvalue weighted by Gasteiger charge is 2.37. The van der Waals surface area contributed by atoms with Crippen molar-refractivity contribution in [2.75, 3.05) is 5.48 Å². The Morgan fingerprint density at radius 3 is 2.10 bits per heavy atom. The van der Waals surface area contributed by atoms with Crippen LogP contribution in [0.1, 0.15) is 27.7 Å². The van der Waals surface area contributed by atoms with Crippen LogP contribution in [0.25, 0.3) is 0 Å². The van der Waals surface area contributed by atoms with E-state index in [0.29, 0.717) is 0 Å². The van der Waals surface area contributed by atoms with Crippen LogP contribution in [0.3, 0.4) is 0 Å². The Morgan fingerprint density at radius 2 is 1.55 bits per heavy atom. The summed E-state index contributed by atoms with van der Waals surface area (Å²) in [5, 5.41) is 10.0. The van der Waals surface area contributed by atoms with Crippen molar-refractivity contribution in [3.8, 4) is 17.2 Å². The van der Waals surface area contributed by atoms with Gasteiger partial charge in [-0.2, -0.15) is 4.39 Å². The van der Waals surface area contributed by atoms with E-state index in [-0.39, 0.29) is 11.4 Å². The molecule has 0 heterocycles. The molecule has 0 atom stereocenters. The van der Waals surface area contributed by atoms with Crippen molar-refractivity contribution >= 4 is 5.69 Å². The van der Waals surface area contributed by atoms with Gasteiger partial charge in [-0.1, -0.05) is 6.07 Å². The second kappa shape index (κ2) is 8.03. The van der Waals surface area contributed by atoms with Gasteiger partial charge in [0.2, 0.25) is 5.82 Å². The fourth-order valence-corrected chi connectivity index (χ4v) is 1.85. The van der Waals surface area contributed by atoms with Crippen LogP contribution in [0.2, 0.25) is 0 Å². The van der Waals surface area contributed by atoms with E-state index >= 15 is 0 Å². The predicted octanol–water partition coefficient (Wildman–Crippen LogP) is 5.55. The molecule has 0 aliphatic heterocycles. The Hall–Kier alpha value is -2.59. The average molecular weight is 421 g/mol. The van der Waals surface area contributed by atoms with Crippen LogP contribution >= 0.6 is 0 Å². The van der Waals surface area contributed by atoms with Crippen molar-refractivity contribution in [3.63, 3.8) is 0 Å². The number of ether oxygens (including phenoxy) is 2. The summed E-state index contributed by atoms with van der Waals surface area (Å²) >= 11 is 0. The van der Waals surface area contributed by atoms with Crippen LogP contribution < -0.4 is 15.0 Å². The zero-order valence-electron chi connectivity index (χ0n) is 16.0. The number of rotatable bonds is 7. The molecular formula is C19H20F5NO4. The molecule has 2 rings (SSSR count). The van der Waals surface area contributed by atoms with Gasteiger partial charge in [0.05, 0.1) is 11.3 Å². The fourth-order valence-electron chi connectivity index (χ4n) is 1.85. The van der Waals surface area contributed by atoms with Gasteiger partial charge < -0.3 is 14.6 Å². The van der Waals surface area contributed by atoms with E-state index in [0.717, 1.165) is 24.3 Å². The van der Waals surface area contributed by atoms with E-state index in [1.54, 1.807) is 13.8 Å². The highest BCUT2D eigenvalue weighted by Crippen LogP contribution is 2.34. The maximum Gasteiger partial charge on any atom is 0.573 e. The van der Waals surface area contributed by atoms with Crippen LogP contribution in [0.4, 0.5) is 27.6 Å². The fraction of sp³-hybridized carbons (Fsp3) is 0.368. The summed E-state index contributed by atoms with van der Waals surface area (Å²) in [5.41, 5.74) is -0.0141. The standard InChI is InChI=1S/C19H20F5NO4/c1-17(2,26)18(3,4)29-25-13-9-8-11(10-12(13)20)27-14-6-5-7-15(16(14)21)28-19(22,23)24/h5-10,25-26H,1-4H3. The molecule has 0 aliphatic carbocycles. The first-order chi connectivity index (χ1) is 13.2. The molecule has 0 aliphatic rings. The van der Waals surface area contributed by atoms with Crippen molar-refractivity contribution in [2.45, 2.75) is 45.3 Å². The third kappa shape index (κ3) is 5.94. The lowest BCUT2D eigenvalue weighted by Crippen LogP contribution is -2.48. The molecule has 0 bridgehead atoms. The predicted molar refractivity (Wildman–Crippen MR) is 94.6 cm³/mol. The van der Waals surface area contributed by atoms with E-state index in [9.17, 15) is 27.1 Å². The maximum atomic E-state index is 14.3. The number of aliphatic hydroxyl groups is 1. The van der Waals surface area contributed by atoms with Crippen LogP contribution in [0.15, 0.2) is 36.4 Å². The Balaban J connectivity index is 2.15. The van der Waals surface area contributed by atoms with Gasteiger partial charge in [-0.25, -0.2) is 4.39 Å². The second-order valence-corrected chi connectivity index (χ2v) is 7.13. The van der Waals surface area contributed by atoms with Gasteiger partial charge in [-0.05, 0) is 52.0 Å². The summed E-state index contributed by atoms with van der Waals surface area (Å²) in [6.07, 6.45) is -5.07. The van der Waals surface area contributed by atoms with Crippen LogP contribution in [-0.2, 0) is 4.84 Å².